The summed E-state index contributed by atoms with van der Waals surface area (Å²) in [5.41, 5.74) is -0.768. The van der Waals surface area contributed by atoms with E-state index in [0.717, 1.165) is 12.3 Å². The maximum Gasteiger partial charge on any atom is 0.417 e. The van der Waals surface area contributed by atoms with Crippen molar-refractivity contribution in [3.63, 3.8) is 0 Å². The van der Waals surface area contributed by atoms with Crippen LogP contribution in [0.2, 0.25) is 0 Å². The van der Waals surface area contributed by atoms with Crippen LogP contribution in [-0.2, 0) is 11.0 Å². The average molecular weight is 411 g/mol. The van der Waals surface area contributed by atoms with E-state index >= 15 is 0 Å². The zero-order valence-corrected chi connectivity index (χ0v) is 15.9. The molecule has 1 fully saturated rings. The van der Waals surface area contributed by atoms with Gasteiger partial charge in [0.1, 0.15) is 5.82 Å². The van der Waals surface area contributed by atoms with E-state index < -0.39 is 11.7 Å². The van der Waals surface area contributed by atoms with E-state index in [1.807, 2.05) is 10.3 Å². The molecule has 5 nitrogen and oxygen atoms in total. The molecule has 1 amide bonds. The van der Waals surface area contributed by atoms with Crippen molar-refractivity contribution in [1.29, 1.82) is 0 Å². The van der Waals surface area contributed by atoms with Gasteiger partial charge in [0.2, 0.25) is 5.91 Å². The number of alkyl halides is 3. The number of anilines is 1. The van der Waals surface area contributed by atoms with E-state index in [9.17, 15) is 22.8 Å². The Kier molecular flexibility index (Phi) is 6.33. The van der Waals surface area contributed by atoms with Gasteiger partial charge in [0.15, 0.2) is 5.78 Å². The Labute approximate surface area is 164 Å². The lowest BCUT2D eigenvalue weighted by Gasteiger charge is -2.33. The van der Waals surface area contributed by atoms with Crippen molar-refractivity contribution in [2.75, 3.05) is 18.0 Å². The summed E-state index contributed by atoms with van der Waals surface area (Å²) in [6, 6.07) is 5.95. The number of piperidine rings is 1. The van der Waals surface area contributed by atoms with Gasteiger partial charge in [0.25, 0.3) is 0 Å². The highest BCUT2D eigenvalue weighted by molar-refractivity contribution is 7.12. The van der Waals surface area contributed by atoms with Crippen LogP contribution in [0.4, 0.5) is 19.0 Å². The Bertz CT molecular complexity index is 799. The highest BCUT2D eigenvalue weighted by Gasteiger charge is 2.31. The maximum absolute atomic E-state index is 12.6. The van der Waals surface area contributed by atoms with Crippen LogP contribution in [0.15, 0.2) is 35.8 Å². The topological polar surface area (TPSA) is 62.3 Å². The third-order valence-electron chi connectivity index (χ3n) is 4.63. The van der Waals surface area contributed by atoms with Crippen molar-refractivity contribution in [2.45, 2.75) is 37.9 Å². The lowest BCUT2D eigenvalue weighted by molar-refractivity contribution is -0.137. The molecular formula is C19H20F3N3O2S. The highest BCUT2D eigenvalue weighted by Crippen LogP contribution is 2.29. The van der Waals surface area contributed by atoms with Gasteiger partial charge >= 0.3 is 6.18 Å². The summed E-state index contributed by atoms with van der Waals surface area (Å²) < 4.78 is 37.8. The number of nitrogens with zero attached hydrogens (tertiary/aromatic N) is 2. The van der Waals surface area contributed by atoms with E-state index in [1.54, 1.807) is 12.1 Å². The summed E-state index contributed by atoms with van der Waals surface area (Å²) >= 11 is 1.36. The number of rotatable bonds is 6. The standard InChI is InChI=1S/C19H20F3N3O2S/c20-19(21,22)13-3-5-17(23-12-13)25-9-7-14(8-10-25)24-18(27)6-4-15(26)16-2-1-11-28-16/h1-3,5,11-12,14H,4,6-10H2,(H,24,27). The molecule has 3 heterocycles. The molecule has 0 aromatic carbocycles. The number of hydrogen-bond donors (Lipinski definition) is 1. The molecule has 2 aromatic heterocycles. The zero-order valence-electron chi connectivity index (χ0n) is 15.0. The van der Waals surface area contributed by atoms with Gasteiger partial charge in [-0.15, -0.1) is 11.3 Å². The number of hydrogen-bond acceptors (Lipinski definition) is 5. The summed E-state index contributed by atoms with van der Waals surface area (Å²) in [6.07, 6.45) is -1.87. The minimum Gasteiger partial charge on any atom is -0.356 e. The second-order valence-corrected chi connectivity index (χ2v) is 7.58. The molecule has 1 aliphatic rings. The number of carbonyl (C=O) groups is 2. The molecule has 1 aliphatic heterocycles. The van der Waals surface area contributed by atoms with Gasteiger partial charge in [-0.3, -0.25) is 9.59 Å². The average Bonchev–Trinajstić information content (AvgIpc) is 3.21. The number of halogens is 3. The number of nitrogens with one attached hydrogen (secondary N) is 1. The molecule has 0 aliphatic carbocycles. The van der Waals surface area contributed by atoms with Crippen LogP contribution in [0, 0.1) is 0 Å². The van der Waals surface area contributed by atoms with Crippen LogP contribution in [0.3, 0.4) is 0 Å². The number of ketones is 1. The molecule has 150 valence electrons. The lowest BCUT2D eigenvalue weighted by Crippen LogP contribution is -2.45. The Hall–Kier alpha value is -2.42. The first-order chi connectivity index (χ1) is 13.3. The van der Waals surface area contributed by atoms with E-state index in [-0.39, 0.29) is 30.6 Å². The second kappa shape index (κ2) is 8.72. The monoisotopic (exact) mass is 411 g/mol. The minimum absolute atomic E-state index is 0.00459. The van der Waals surface area contributed by atoms with Gasteiger partial charge in [0.05, 0.1) is 10.4 Å². The van der Waals surface area contributed by atoms with Crippen molar-refractivity contribution >= 4 is 28.8 Å². The lowest BCUT2D eigenvalue weighted by atomic mass is 10.0. The highest BCUT2D eigenvalue weighted by atomic mass is 32.1. The number of carbonyl (C=O) groups excluding carboxylic acids is 2. The fourth-order valence-electron chi connectivity index (χ4n) is 3.08. The third-order valence-corrected chi connectivity index (χ3v) is 5.55. The first-order valence-electron chi connectivity index (χ1n) is 8.97. The quantitative estimate of drug-likeness (QED) is 0.732. The fraction of sp³-hybridized carbons (Fsp3) is 0.421. The van der Waals surface area contributed by atoms with Crippen molar-refractivity contribution in [1.82, 2.24) is 10.3 Å². The number of pyridine rings is 1. The van der Waals surface area contributed by atoms with Crippen molar-refractivity contribution in [2.24, 2.45) is 0 Å². The number of aromatic nitrogens is 1. The molecule has 1 N–H and O–H groups in total. The van der Waals surface area contributed by atoms with Crippen molar-refractivity contribution in [3.05, 3.63) is 46.3 Å². The van der Waals surface area contributed by atoms with Gasteiger partial charge in [-0.25, -0.2) is 4.98 Å². The molecule has 0 saturated carbocycles. The first kappa shape index (κ1) is 20.3. The Balaban J connectivity index is 1.42. The van der Waals surface area contributed by atoms with Gasteiger partial charge in [-0.1, -0.05) is 6.07 Å². The minimum atomic E-state index is -4.40. The van der Waals surface area contributed by atoms with Crippen molar-refractivity contribution < 1.29 is 22.8 Å². The van der Waals surface area contributed by atoms with Crippen molar-refractivity contribution in [3.8, 4) is 0 Å². The van der Waals surface area contributed by atoms with Crippen LogP contribution in [0.5, 0.6) is 0 Å². The smallest absolute Gasteiger partial charge is 0.356 e. The predicted molar refractivity (Wildman–Crippen MR) is 101 cm³/mol. The van der Waals surface area contributed by atoms with E-state index in [0.29, 0.717) is 36.6 Å². The molecule has 0 spiro atoms. The first-order valence-corrected chi connectivity index (χ1v) is 9.85. The van der Waals surface area contributed by atoms with E-state index in [4.69, 9.17) is 0 Å². The Morgan fingerprint density at radius 2 is 1.93 bits per heavy atom. The van der Waals surface area contributed by atoms with Gasteiger partial charge in [-0.2, -0.15) is 13.2 Å². The van der Waals surface area contributed by atoms with Gasteiger partial charge in [0, 0.05) is 38.2 Å². The molecule has 3 rings (SSSR count). The molecule has 9 heteroatoms. The molecular weight excluding hydrogens is 391 g/mol. The van der Waals surface area contributed by atoms with Gasteiger partial charge < -0.3 is 10.2 Å². The normalized spacial score (nSPS) is 15.5. The summed E-state index contributed by atoms with van der Waals surface area (Å²) in [5, 5.41) is 4.76. The van der Waals surface area contributed by atoms with Crippen LogP contribution in [0.1, 0.15) is 40.9 Å². The number of Topliss-reactive ketones (excluding diaryl/α,β-unsaturated/α-hetero) is 1. The molecule has 0 atom stereocenters. The maximum atomic E-state index is 12.6. The summed E-state index contributed by atoms with van der Waals surface area (Å²) in [6.45, 7) is 1.19. The largest absolute Gasteiger partial charge is 0.417 e. The van der Waals surface area contributed by atoms with E-state index in [2.05, 4.69) is 10.3 Å². The number of thiophene rings is 1. The Morgan fingerprint density at radius 3 is 2.50 bits per heavy atom. The summed E-state index contributed by atoms with van der Waals surface area (Å²) in [5.74, 6) is 0.309. The fourth-order valence-corrected chi connectivity index (χ4v) is 3.78. The zero-order chi connectivity index (χ0) is 20.1. The molecule has 1 saturated heterocycles. The van der Waals surface area contributed by atoms with Crippen LogP contribution < -0.4 is 10.2 Å². The second-order valence-electron chi connectivity index (χ2n) is 6.63. The van der Waals surface area contributed by atoms with Gasteiger partial charge in [-0.05, 0) is 36.4 Å². The molecule has 0 unspecified atom stereocenters. The molecule has 0 bridgehead atoms. The van der Waals surface area contributed by atoms with Crippen LogP contribution in [0.25, 0.3) is 0 Å². The van der Waals surface area contributed by atoms with Crippen LogP contribution >= 0.6 is 11.3 Å². The molecule has 2 aromatic rings. The number of amides is 1. The SMILES string of the molecule is O=C(CCC(=O)c1cccs1)NC1CCN(c2ccc(C(F)(F)F)cn2)CC1. The summed E-state index contributed by atoms with van der Waals surface area (Å²) in [4.78, 5) is 30.5. The summed E-state index contributed by atoms with van der Waals surface area (Å²) in [7, 11) is 0. The van der Waals surface area contributed by atoms with E-state index in [1.165, 1.54) is 17.4 Å². The van der Waals surface area contributed by atoms with Crippen LogP contribution in [-0.4, -0.2) is 35.8 Å². The Morgan fingerprint density at radius 1 is 1.18 bits per heavy atom. The predicted octanol–water partition coefficient (Wildman–Crippen LogP) is 3.91. The molecule has 0 radical (unpaired) electrons. The third kappa shape index (κ3) is 5.31. The molecule has 28 heavy (non-hydrogen) atoms.